The van der Waals surface area contributed by atoms with E-state index in [0.717, 1.165) is 0 Å². The first-order valence-corrected chi connectivity index (χ1v) is 5.96. The van der Waals surface area contributed by atoms with Crippen molar-refractivity contribution >= 4 is 0 Å². The SMILES string of the molecule is CCN(CC(F)(F)F)C(C)c1ccc(OC)cc1O. The summed E-state index contributed by atoms with van der Waals surface area (Å²) in [6.45, 7) is 2.53. The van der Waals surface area contributed by atoms with Crippen molar-refractivity contribution in [3.8, 4) is 11.5 Å². The molecule has 0 aliphatic heterocycles. The molecular formula is C13H18F3NO2. The summed E-state index contributed by atoms with van der Waals surface area (Å²) >= 11 is 0. The lowest BCUT2D eigenvalue weighted by Gasteiger charge is -2.29. The van der Waals surface area contributed by atoms with Crippen molar-refractivity contribution in [2.75, 3.05) is 20.2 Å². The number of phenols is 1. The van der Waals surface area contributed by atoms with Crippen LogP contribution in [0.4, 0.5) is 13.2 Å². The van der Waals surface area contributed by atoms with Gasteiger partial charge in [0.2, 0.25) is 0 Å². The Morgan fingerprint density at radius 3 is 2.42 bits per heavy atom. The van der Waals surface area contributed by atoms with E-state index in [1.54, 1.807) is 26.0 Å². The Balaban J connectivity index is 2.94. The van der Waals surface area contributed by atoms with Crippen LogP contribution in [-0.2, 0) is 0 Å². The number of methoxy groups -OCH3 is 1. The maximum atomic E-state index is 12.5. The highest BCUT2D eigenvalue weighted by Gasteiger charge is 2.32. The summed E-state index contributed by atoms with van der Waals surface area (Å²) in [5.74, 6) is 0.403. The van der Waals surface area contributed by atoms with E-state index in [-0.39, 0.29) is 12.3 Å². The molecule has 0 spiro atoms. The summed E-state index contributed by atoms with van der Waals surface area (Å²) in [5, 5.41) is 9.85. The molecule has 1 atom stereocenters. The monoisotopic (exact) mass is 277 g/mol. The second-order valence-electron chi connectivity index (χ2n) is 4.28. The summed E-state index contributed by atoms with van der Waals surface area (Å²) in [6.07, 6.45) is -4.26. The lowest BCUT2D eigenvalue weighted by molar-refractivity contribution is -0.150. The van der Waals surface area contributed by atoms with Crippen molar-refractivity contribution in [2.45, 2.75) is 26.1 Å². The number of nitrogens with zero attached hydrogens (tertiary/aromatic N) is 1. The molecular weight excluding hydrogens is 259 g/mol. The average molecular weight is 277 g/mol. The molecule has 108 valence electrons. The Hall–Kier alpha value is -1.43. The van der Waals surface area contributed by atoms with Crippen LogP contribution in [-0.4, -0.2) is 36.4 Å². The van der Waals surface area contributed by atoms with Crippen molar-refractivity contribution in [2.24, 2.45) is 0 Å². The Morgan fingerprint density at radius 2 is 2.00 bits per heavy atom. The van der Waals surface area contributed by atoms with E-state index in [1.807, 2.05) is 0 Å². The molecule has 0 saturated carbocycles. The van der Waals surface area contributed by atoms with Gasteiger partial charge in [-0.3, -0.25) is 4.90 Å². The lowest BCUT2D eigenvalue weighted by atomic mass is 10.1. The fourth-order valence-corrected chi connectivity index (χ4v) is 1.95. The van der Waals surface area contributed by atoms with Gasteiger partial charge in [-0.25, -0.2) is 0 Å². The number of aromatic hydroxyl groups is 1. The molecule has 1 rings (SSSR count). The smallest absolute Gasteiger partial charge is 0.401 e. The van der Waals surface area contributed by atoms with Gasteiger partial charge in [0.1, 0.15) is 11.5 Å². The van der Waals surface area contributed by atoms with Crippen LogP contribution in [0.3, 0.4) is 0 Å². The van der Waals surface area contributed by atoms with Gasteiger partial charge >= 0.3 is 6.18 Å². The molecule has 0 aromatic heterocycles. The van der Waals surface area contributed by atoms with E-state index in [4.69, 9.17) is 4.74 Å². The van der Waals surface area contributed by atoms with Gasteiger partial charge in [-0.15, -0.1) is 0 Å². The van der Waals surface area contributed by atoms with E-state index in [2.05, 4.69) is 0 Å². The average Bonchev–Trinajstić information content (AvgIpc) is 2.33. The molecule has 1 aromatic carbocycles. The highest BCUT2D eigenvalue weighted by molar-refractivity contribution is 5.41. The van der Waals surface area contributed by atoms with Crippen LogP contribution < -0.4 is 4.74 Å². The van der Waals surface area contributed by atoms with Crippen molar-refractivity contribution in [3.05, 3.63) is 23.8 Å². The van der Waals surface area contributed by atoms with Crippen LogP contribution in [0.5, 0.6) is 11.5 Å². The summed E-state index contributed by atoms with van der Waals surface area (Å²) in [5.41, 5.74) is 0.451. The topological polar surface area (TPSA) is 32.7 Å². The molecule has 0 bridgehead atoms. The molecule has 0 aliphatic rings. The Morgan fingerprint density at radius 1 is 1.37 bits per heavy atom. The third-order valence-electron chi connectivity index (χ3n) is 3.02. The molecule has 1 N–H and O–H groups in total. The molecule has 19 heavy (non-hydrogen) atoms. The predicted octanol–water partition coefficient (Wildman–Crippen LogP) is 3.35. The summed E-state index contributed by atoms with van der Waals surface area (Å²) in [6, 6.07) is 4.07. The van der Waals surface area contributed by atoms with Gasteiger partial charge in [0, 0.05) is 17.7 Å². The van der Waals surface area contributed by atoms with Gasteiger partial charge in [-0.1, -0.05) is 13.0 Å². The summed E-state index contributed by atoms with van der Waals surface area (Å²) in [4.78, 5) is 1.25. The minimum atomic E-state index is -4.26. The molecule has 0 aliphatic carbocycles. The molecule has 0 fully saturated rings. The van der Waals surface area contributed by atoms with Crippen LogP contribution in [0, 0.1) is 0 Å². The Labute approximate surface area is 110 Å². The molecule has 1 unspecified atom stereocenters. The van der Waals surface area contributed by atoms with Crippen molar-refractivity contribution in [3.63, 3.8) is 0 Å². The van der Waals surface area contributed by atoms with E-state index in [9.17, 15) is 18.3 Å². The van der Waals surface area contributed by atoms with Crippen LogP contribution in [0.1, 0.15) is 25.5 Å². The van der Waals surface area contributed by atoms with Gasteiger partial charge in [-0.05, 0) is 19.5 Å². The maximum Gasteiger partial charge on any atom is 0.401 e. The standard InChI is InChI=1S/C13H18F3NO2/c1-4-17(8-13(14,15)16)9(2)11-6-5-10(19-3)7-12(11)18/h5-7,9,18H,4,8H2,1-3H3. The van der Waals surface area contributed by atoms with Gasteiger partial charge in [-0.2, -0.15) is 13.2 Å². The number of benzene rings is 1. The quantitative estimate of drug-likeness (QED) is 0.896. The number of alkyl halides is 3. The maximum absolute atomic E-state index is 12.5. The third-order valence-corrected chi connectivity index (χ3v) is 3.02. The minimum absolute atomic E-state index is 0.0625. The zero-order chi connectivity index (χ0) is 14.6. The fourth-order valence-electron chi connectivity index (χ4n) is 1.95. The van der Waals surface area contributed by atoms with Crippen molar-refractivity contribution in [1.29, 1.82) is 0 Å². The first-order chi connectivity index (χ1) is 8.78. The number of hydrogen-bond donors (Lipinski definition) is 1. The van der Waals surface area contributed by atoms with Crippen LogP contribution in [0.15, 0.2) is 18.2 Å². The van der Waals surface area contributed by atoms with E-state index in [0.29, 0.717) is 11.3 Å². The number of hydrogen-bond acceptors (Lipinski definition) is 3. The molecule has 1 aromatic rings. The second-order valence-corrected chi connectivity index (χ2v) is 4.28. The first kappa shape index (κ1) is 15.6. The number of ether oxygens (including phenoxy) is 1. The third kappa shape index (κ3) is 4.31. The van der Waals surface area contributed by atoms with E-state index in [1.165, 1.54) is 18.1 Å². The molecule has 0 amide bonds. The second kappa shape index (κ2) is 6.14. The van der Waals surface area contributed by atoms with Crippen LogP contribution in [0.2, 0.25) is 0 Å². The van der Waals surface area contributed by atoms with E-state index >= 15 is 0 Å². The zero-order valence-corrected chi connectivity index (χ0v) is 11.2. The zero-order valence-electron chi connectivity index (χ0n) is 11.2. The summed E-state index contributed by atoms with van der Waals surface area (Å²) in [7, 11) is 1.46. The lowest BCUT2D eigenvalue weighted by Crippen LogP contribution is -2.36. The fraction of sp³-hybridized carbons (Fsp3) is 0.538. The molecule has 0 heterocycles. The highest BCUT2D eigenvalue weighted by atomic mass is 19.4. The van der Waals surface area contributed by atoms with Crippen LogP contribution in [0.25, 0.3) is 0 Å². The molecule has 0 saturated heterocycles. The normalized spacial score (nSPS) is 13.6. The van der Waals surface area contributed by atoms with Gasteiger partial charge in [0.15, 0.2) is 0 Å². The predicted molar refractivity (Wildman–Crippen MR) is 66.4 cm³/mol. The van der Waals surface area contributed by atoms with Gasteiger partial charge < -0.3 is 9.84 Å². The minimum Gasteiger partial charge on any atom is -0.507 e. The van der Waals surface area contributed by atoms with Gasteiger partial charge in [0.25, 0.3) is 0 Å². The first-order valence-electron chi connectivity index (χ1n) is 5.96. The number of rotatable bonds is 5. The molecule has 6 heteroatoms. The summed E-state index contributed by atoms with van der Waals surface area (Å²) < 4.78 is 42.3. The highest BCUT2D eigenvalue weighted by Crippen LogP contribution is 2.32. The van der Waals surface area contributed by atoms with Crippen molar-refractivity contribution < 1.29 is 23.0 Å². The van der Waals surface area contributed by atoms with Gasteiger partial charge in [0.05, 0.1) is 13.7 Å². The number of halogens is 3. The largest absolute Gasteiger partial charge is 0.507 e. The molecule has 3 nitrogen and oxygen atoms in total. The Bertz CT molecular complexity index is 421. The molecule has 0 radical (unpaired) electrons. The number of phenolic OH excluding ortho intramolecular Hbond substituents is 1. The van der Waals surface area contributed by atoms with E-state index < -0.39 is 18.8 Å². The van der Waals surface area contributed by atoms with Crippen molar-refractivity contribution in [1.82, 2.24) is 4.90 Å². The Kier molecular flexibility index (Phi) is 5.05. The van der Waals surface area contributed by atoms with Crippen LogP contribution >= 0.6 is 0 Å².